The van der Waals surface area contributed by atoms with Crippen molar-refractivity contribution in [3.05, 3.63) is 57.5 Å². The Morgan fingerprint density at radius 3 is 2.10 bits per heavy atom. The first-order chi connectivity index (χ1) is 9.47. The summed E-state index contributed by atoms with van der Waals surface area (Å²) in [5, 5.41) is 3.62. The van der Waals surface area contributed by atoms with E-state index >= 15 is 0 Å². The van der Waals surface area contributed by atoms with Crippen molar-refractivity contribution < 1.29 is 4.42 Å². The van der Waals surface area contributed by atoms with Crippen LogP contribution >= 0.6 is 0 Å². The van der Waals surface area contributed by atoms with Gasteiger partial charge in [0.1, 0.15) is 5.76 Å². The zero-order valence-corrected chi connectivity index (χ0v) is 13.4. The SMILES string of the molecule is CCNC(c1ccoc1C)c1c(C)c(C)cc(C)c1C. The molecule has 108 valence electrons. The summed E-state index contributed by atoms with van der Waals surface area (Å²) in [6.07, 6.45) is 1.78. The van der Waals surface area contributed by atoms with Gasteiger partial charge in [-0.2, -0.15) is 0 Å². The van der Waals surface area contributed by atoms with E-state index in [2.05, 4.69) is 52.1 Å². The molecule has 1 unspecified atom stereocenters. The van der Waals surface area contributed by atoms with Gasteiger partial charge < -0.3 is 9.73 Å². The van der Waals surface area contributed by atoms with E-state index in [1.807, 2.05) is 6.92 Å². The lowest BCUT2D eigenvalue weighted by Crippen LogP contribution is -2.24. The van der Waals surface area contributed by atoms with Gasteiger partial charge in [0.2, 0.25) is 0 Å². The monoisotopic (exact) mass is 271 g/mol. The molecule has 0 radical (unpaired) electrons. The predicted octanol–water partition coefficient (Wildman–Crippen LogP) is 4.52. The maximum absolute atomic E-state index is 5.51. The van der Waals surface area contributed by atoms with Gasteiger partial charge in [-0.15, -0.1) is 0 Å². The molecule has 0 amide bonds. The number of benzene rings is 1. The second-order valence-corrected chi connectivity index (χ2v) is 5.60. The Morgan fingerprint density at radius 2 is 1.65 bits per heavy atom. The lowest BCUT2D eigenvalue weighted by Gasteiger charge is -2.24. The molecular weight excluding hydrogens is 246 g/mol. The normalized spacial score (nSPS) is 12.7. The fourth-order valence-corrected chi connectivity index (χ4v) is 2.95. The molecule has 2 nitrogen and oxygen atoms in total. The first kappa shape index (κ1) is 14.9. The quantitative estimate of drug-likeness (QED) is 0.884. The fraction of sp³-hybridized carbons (Fsp3) is 0.444. The summed E-state index contributed by atoms with van der Waals surface area (Å²) < 4.78 is 5.51. The van der Waals surface area contributed by atoms with E-state index in [-0.39, 0.29) is 6.04 Å². The van der Waals surface area contributed by atoms with Gasteiger partial charge >= 0.3 is 0 Å². The van der Waals surface area contributed by atoms with E-state index in [0.29, 0.717) is 0 Å². The Morgan fingerprint density at radius 1 is 1.05 bits per heavy atom. The van der Waals surface area contributed by atoms with E-state index in [9.17, 15) is 0 Å². The first-order valence-electron chi connectivity index (χ1n) is 7.32. The molecule has 0 spiro atoms. The highest BCUT2D eigenvalue weighted by Crippen LogP contribution is 2.33. The third-order valence-electron chi connectivity index (χ3n) is 4.33. The number of nitrogens with one attached hydrogen (secondary N) is 1. The number of aryl methyl sites for hydroxylation is 3. The highest BCUT2D eigenvalue weighted by atomic mass is 16.3. The van der Waals surface area contributed by atoms with E-state index in [1.165, 1.54) is 33.4 Å². The molecule has 2 aromatic rings. The molecule has 1 heterocycles. The molecule has 0 saturated carbocycles. The molecule has 2 heteroatoms. The topological polar surface area (TPSA) is 25.2 Å². The molecule has 1 atom stereocenters. The van der Waals surface area contributed by atoms with E-state index in [0.717, 1.165) is 12.3 Å². The lowest BCUT2D eigenvalue weighted by molar-refractivity contribution is 0.519. The molecule has 2 rings (SSSR count). The summed E-state index contributed by atoms with van der Waals surface area (Å²) in [5.41, 5.74) is 8.09. The molecule has 0 aliphatic rings. The van der Waals surface area contributed by atoms with Crippen molar-refractivity contribution >= 4 is 0 Å². The van der Waals surface area contributed by atoms with Gasteiger partial charge in [0.25, 0.3) is 0 Å². The number of hydrogen-bond donors (Lipinski definition) is 1. The summed E-state index contributed by atoms with van der Waals surface area (Å²) in [4.78, 5) is 0. The molecule has 20 heavy (non-hydrogen) atoms. The van der Waals surface area contributed by atoms with E-state index < -0.39 is 0 Å². The summed E-state index contributed by atoms with van der Waals surface area (Å²) in [6.45, 7) is 13.9. The Kier molecular flexibility index (Phi) is 4.34. The van der Waals surface area contributed by atoms with Gasteiger partial charge in [0, 0.05) is 5.56 Å². The average Bonchev–Trinajstić information content (AvgIpc) is 2.82. The zero-order chi connectivity index (χ0) is 14.9. The van der Waals surface area contributed by atoms with Crippen LogP contribution in [0.1, 0.15) is 52.1 Å². The van der Waals surface area contributed by atoms with Crippen molar-refractivity contribution in [1.29, 1.82) is 0 Å². The lowest BCUT2D eigenvalue weighted by atomic mass is 9.87. The van der Waals surface area contributed by atoms with Crippen LogP contribution in [0.3, 0.4) is 0 Å². The number of furan rings is 1. The average molecular weight is 271 g/mol. The summed E-state index contributed by atoms with van der Waals surface area (Å²) in [7, 11) is 0. The Labute approximate surface area is 122 Å². The van der Waals surface area contributed by atoms with E-state index in [1.54, 1.807) is 6.26 Å². The summed E-state index contributed by atoms with van der Waals surface area (Å²) in [5.74, 6) is 0.994. The highest BCUT2D eigenvalue weighted by Gasteiger charge is 2.22. The van der Waals surface area contributed by atoms with Crippen molar-refractivity contribution in [2.75, 3.05) is 6.54 Å². The summed E-state index contributed by atoms with van der Waals surface area (Å²) in [6, 6.07) is 4.57. The fourth-order valence-electron chi connectivity index (χ4n) is 2.95. The van der Waals surface area contributed by atoms with Crippen molar-refractivity contribution in [3.63, 3.8) is 0 Å². The van der Waals surface area contributed by atoms with Crippen LogP contribution < -0.4 is 5.32 Å². The zero-order valence-electron chi connectivity index (χ0n) is 13.4. The second kappa shape index (κ2) is 5.84. The maximum atomic E-state index is 5.51. The smallest absolute Gasteiger partial charge is 0.105 e. The van der Waals surface area contributed by atoms with Gasteiger partial charge in [-0.05, 0) is 75.0 Å². The molecule has 1 aromatic carbocycles. The molecule has 1 N–H and O–H groups in total. The van der Waals surface area contributed by atoms with Crippen molar-refractivity contribution in [1.82, 2.24) is 5.32 Å². The molecule has 0 bridgehead atoms. The van der Waals surface area contributed by atoms with Gasteiger partial charge in [0.15, 0.2) is 0 Å². The van der Waals surface area contributed by atoms with Crippen LogP contribution in [0.5, 0.6) is 0 Å². The number of rotatable bonds is 4. The Hall–Kier alpha value is -1.54. The minimum atomic E-state index is 0.206. The first-order valence-corrected chi connectivity index (χ1v) is 7.32. The van der Waals surface area contributed by atoms with Crippen LogP contribution in [0.2, 0.25) is 0 Å². The highest BCUT2D eigenvalue weighted by molar-refractivity contribution is 5.49. The summed E-state index contributed by atoms with van der Waals surface area (Å²) >= 11 is 0. The molecule has 0 fully saturated rings. The molecule has 1 aromatic heterocycles. The van der Waals surface area contributed by atoms with E-state index in [4.69, 9.17) is 4.42 Å². The maximum Gasteiger partial charge on any atom is 0.105 e. The van der Waals surface area contributed by atoms with Crippen molar-refractivity contribution in [2.45, 2.75) is 47.6 Å². The van der Waals surface area contributed by atoms with Gasteiger partial charge in [-0.3, -0.25) is 0 Å². The predicted molar refractivity (Wildman–Crippen MR) is 84.4 cm³/mol. The van der Waals surface area contributed by atoms with Crippen LogP contribution in [0.15, 0.2) is 22.8 Å². The number of hydrogen-bond acceptors (Lipinski definition) is 2. The third-order valence-corrected chi connectivity index (χ3v) is 4.33. The van der Waals surface area contributed by atoms with Crippen LogP contribution in [0.25, 0.3) is 0 Å². The molecule has 0 saturated heterocycles. The minimum Gasteiger partial charge on any atom is -0.469 e. The molecular formula is C18H25NO. The Bertz CT molecular complexity index is 584. The Balaban J connectivity index is 2.64. The molecule has 0 aliphatic heterocycles. The minimum absolute atomic E-state index is 0.206. The standard InChI is InChI=1S/C18H25NO/c1-7-19-18(16-8-9-20-15(16)6)17-13(4)11(2)10-12(3)14(17)5/h8-10,18-19H,7H2,1-6H3. The van der Waals surface area contributed by atoms with Crippen LogP contribution in [0, 0.1) is 34.6 Å². The largest absolute Gasteiger partial charge is 0.469 e. The van der Waals surface area contributed by atoms with Gasteiger partial charge in [-0.1, -0.05) is 13.0 Å². The van der Waals surface area contributed by atoms with Gasteiger partial charge in [0.05, 0.1) is 12.3 Å². The third kappa shape index (κ3) is 2.53. The van der Waals surface area contributed by atoms with Crippen molar-refractivity contribution in [3.8, 4) is 0 Å². The van der Waals surface area contributed by atoms with Crippen LogP contribution in [-0.4, -0.2) is 6.54 Å². The van der Waals surface area contributed by atoms with Crippen LogP contribution in [-0.2, 0) is 0 Å². The van der Waals surface area contributed by atoms with Gasteiger partial charge in [-0.25, -0.2) is 0 Å². The second-order valence-electron chi connectivity index (χ2n) is 5.60. The van der Waals surface area contributed by atoms with Crippen molar-refractivity contribution in [2.24, 2.45) is 0 Å². The van der Waals surface area contributed by atoms with Crippen LogP contribution in [0.4, 0.5) is 0 Å². The molecule has 0 aliphatic carbocycles.